The molecule has 0 spiro atoms. The highest BCUT2D eigenvalue weighted by atomic mass is 19.2. The van der Waals surface area contributed by atoms with Gasteiger partial charge < -0.3 is 0 Å². The smallest absolute Gasteiger partial charge is 0.162 e. The zero-order valence-electron chi connectivity index (χ0n) is 7.84. The lowest BCUT2D eigenvalue weighted by Gasteiger charge is -2.18. The van der Waals surface area contributed by atoms with E-state index < -0.39 is 11.6 Å². The quantitative estimate of drug-likeness (QED) is 0.597. The summed E-state index contributed by atoms with van der Waals surface area (Å²) in [5.41, 5.74) is 0.523. The van der Waals surface area contributed by atoms with Crippen LogP contribution in [0.4, 0.5) is 8.78 Å². The molecule has 0 aliphatic heterocycles. The monoisotopic (exact) mass is 194 g/mol. The van der Waals surface area contributed by atoms with E-state index in [9.17, 15) is 8.78 Å². The van der Waals surface area contributed by atoms with Gasteiger partial charge in [0.1, 0.15) is 0 Å². The molecule has 0 amide bonds. The molecule has 0 heterocycles. The minimum atomic E-state index is -0.739. The summed E-state index contributed by atoms with van der Waals surface area (Å²) in [6.07, 6.45) is 6.82. The highest BCUT2D eigenvalue weighted by Crippen LogP contribution is 2.31. The van der Waals surface area contributed by atoms with Crippen molar-refractivity contribution in [2.24, 2.45) is 0 Å². The number of hydrogen-bond acceptors (Lipinski definition) is 0. The Kier molecular flexibility index (Phi) is 2.62. The van der Waals surface area contributed by atoms with Crippen molar-refractivity contribution in [3.63, 3.8) is 0 Å². The Bertz CT molecular complexity index is 355. The summed E-state index contributed by atoms with van der Waals surface area (Å²) < 4.78 is 26.3. The van der Waals surface area contributed by atoms with Gasteiger partial charge in [0.15, 0.2) is 11.6 Å². The molecule has 0 nitrogen and oxygen atoms in total. The fraction of sp³-hybridized carbons (Fsp3) is 0.333. The van der Waals surface area contributed by atoms with Crippen LogP contribution >= 0.6 is 0 Å². The Hall–Kier alpha value is -1.18. The van der Waals surface area contributed by atoms with E-state index in [1.165, 1.54) is 0 Å². The summed E-state index contributed by atoms with van der Waals surface area (Å²) in [6.45, 7) is 0. The molecular weight excluding hydrogens is 182 g/mol. The van der Waals surface area contributed by atoms with Gasteiger partial charge in [0.2, 0.25) is 0 Å². The van der Waals surface area contributed by atoms with Crippen LogP contribution in [-0.2, 0) is 0 Å². The topological polar surface area (TPSA) is 0 Å². The largest absolute Gasteiger partial charge is 0.204 e. The summed E-state index contributed by atoms with van der Waals surface area (Å²) >= 11 is 0. The van der Waals surface area contributed by atoms with E-state index in [1.807, 2.05) is 6.08 Å². The minimum Gasteiger partial charge on any atom is -0.204 e. The maximum absolute atomic E-state index is 13.4. The Morgan fingerprint density at radius 3 is 2.71 bits per heavy atom. The zero-order chi connectivity index (χ0) is 9.97. The first kappa shape index (κ1) is 9.38. The molecule has 74 valence electrons. The lowest BCUT2D eigenvalue weighted by molar-refractivity contribution is 0.479. The standard InChI is InChI=1S/C12H12F2/c13-11-8-4-7-10(12(11)14)9-5-2-1-3-6-9/h1-2,4,7-9H,3,5-6H2. The Morgan fingerprint density at radius 2 is 2.00 bits per heavy atom. The molecule has 1 unspecified atom stereocenters. The zero-order valence-corrected chi connectivity index (χ0v) is 7.84. The fourth-order valence-corrected chi connectivity index (χ4v) is 1.91. The van der Waals surface area contributed by atoms with Gasteiger partial charge in [0.05, 0.1) is 0 Å². The molecule has 1 aliphatic carbocycles. The molecule has 2 heteroatoms. The molecule has 0 saturated carbocycles. The first-order chi connectivity index (χ1) is 6.79. The van der Waals surface area contributed by atoms with Crippen molar-refractivity contribution >= 4 is 0 Å². The van der Waals surface area contributed by atoms with E-state index >= 15 is 0 Å². The summed E-state index contributed by atoms with van der Waals surface area (Å²) in [4.78, 5) is 0. The van der Waals surface area contributed by atoms with Gasteiger partial charge in [0, 0.05) is 0 Å². The number of rotatable bonds is 1. The third-order valence-electron chi connectivity index (χ3n) is 2.69. The predicted octanol–water partition coefficient (Wildman–Crippen LogP) is 3.79. The lowest BCUT2D eigenvalue weighted by Crippen LogP contribution is -2.04. The van der Waals surface area contributed by atoms with Gasteiger partial charge in [-0.1, -0.05) is 24.3 Å². The molecule has 0 bridgehead atoms. The molecule has 2 rings (SSSR count). The molecule has 1 aliphatic rings. The average molecular weight is 194 g/mol. The van der Waals surface area contributed by atoms with Crippen LogP contribution in [0.2, 0.25) is 0 Å². The van der Waals surface area contributed by atoms with Crippen molar-refractivity contribution in [2.45, 2.75) is 25.2 Å². The summed E-state index contributed by atoms with van der Waals surface area (Å²) in [5.74, 6) is -1.26. The highest BCUT2D eigenvalue weighted by Gasteiger charge is 2.18. The van der Waals surface area contributed by atoms with E-state index in [2.05, 4.69) is 6.08 Å². The van der Waals surface area contributed by atoms with Crippen molar-refractivity contribution in [2.75, 3.05) is 0 Å². The normalized spacial score (nSPS) is 21.1. The summed E-state index contributed by atoms with van der Waals surface area (Å²) in [6, 6.07) is 4.42. The van der Waals surface area contributed by atoms with Crippen molar-refractivity contribution < 1.29 is 8.78 Å². The highest BCUT2D eigenvalue weighted by molar-refractivity contribution is 5.24. The van der Waals surface area contributed by atoms with E-state index in [-0.39, 0.29) is 5.92 Å². The van der Waals surface area contributed by atoms with Crippen molar-refractivity contribution in [1.82, 2.24) is 0 Å². The Labute approximate surface area is 82.3 Å². The molecule has 1 atom stereocenters. The van der Waals surface area contributed by atoms with Crippen LogP contribution in [0.1, 0.15) is 30.7 Å². The fourth-order valence-electron chi connectivity index (χ4n) is 1.91. The van der Waals surface area contributed by atoms with Gasteiger partial charge in [0.25, 0.3) is 0 Å². The molecule has 0 radical (unpaired) electrons. The molecular formula is C12H12F2. The number of benzene rings is 1. The Balaban J connectivity index is 2.31. The van der Waals surface area contributed by atoms with E-state index in [0.717, 1.165) is 25.3 Å². The maximum atomic E-state index is 13.4. The number of hydrogen-bond donors (Lipinski definition) is 0. The van der Waals surface area contributed by atoms with Crippen LogP contribution in [0.25, 0.3) is 0 Å². The van der Waals surface area contributed by atoms with Crippen LogP contribution in [0.3, 0.4) is 0 Å². The lowest BCUT2D eigenvalue weighted by atomic mass is 9.87. The van der Waals surface area contributed by atoms with Crippen LogP contribution in [0, 0.1) is 11.6 Å². The maximum Gasteiger partial charge on any atom is 0.162 e. The SMILES string of the molecule is Fc1cccc(C2CC=CCC2)c1F. The van der Waals surface area contributed by atoms with Gasteiger partial charge in [-0.25, -0.2) is 8.78 Å². The third kappa shape index (κ3) is 1.69. The second-order valence-electron chi connectivity index (χ2n) is 3.62. The molecule has 0 fully saturated rings. The van der Waals surface area contributed by atoms with Crippen LogP contribution in [0.5, 0.6) is 0 Å². The van der Waals surface area contributed by atoms with Gasteiger partial charge in [-0.05, 0) is 36.8 Å². The summed E-state index contributed by atoms with van der Waals surface area (Å²) in [5, 5.41) is 0. The third-order valence-corrected chi connectivity index (χ3v) is 2.69. The first-order valence-electron chi connectivity index (χ1n) is 4.88. The van der Waals surface area contributed by atoms with E-state index in [4.69, 9.17) is 0 Å². The van der Waals surface area contributed by atoms with E-state index in [0.29, 0.717) is 5.56 Å². The minimum absolute atomic E-state index is 0.149. The average Bonchev–Trinajstić information content (AvgIpc) is 2.23. The molecule has 1 aromatic carbocycles. The molecule has 1 aromatic rings. The molecule has 0 N–H and O–H groups in total. The van der Waals surface area contributed by atoms with Gasteiger partial charge in [-0.15, -0.1) is 0 Å². The molecule has 14 heavy (non-hydrogen) atoms. The van der Waals surface area contributed by atoms with E-state index in [1.54, 1.807) is 12.1 Å². The predicted molar refractivity (Wildman–Crippen MR) is 52.1 cm³/mol. The summed E-state index contributed by atoms with van der Waals surface area (Å²) in [7, 11) is 0. The number of halogens is 2. The van der Waals surface area contributed by atoms with Crippen molar-refractivity contribution in [3.8, 4) is 0 Å². The Morgan fingerprint density at radius 1 is 1.14 bits per heavy atom. The first-order valence-corrected chi connectivity index (χ1v) is 4.88. The number of allylic oxidation sites excluding steroid dienone is 2. The van der Waals surface area contributed by atoms with Crippen LogP contribution in [0.15, 0.2) is 30.4 Å². The molecule has 0 aromatic heterocycles. The van der Waals surface area contributed by atoms with Gasteiger partial charge >= 0.3 is 0 Å². The van der Waals surface area contributed by atoms with Gasteiger partial charge in [-0.2, -0.15) is 0 Å². The van der Waals surface area contributed by atoms with Gasteiger partial charge in [-0.3, -0.25) is 0 Å². The van der Waals surface area contributed by atoms with Crippen molar-refractivity contribution in [1.29, 1.82) is 0 Å². The van der Waals surface area contributed by atoms with Crippen molar-refractivity contribution in [3.05, 3.63) is 47.5 Å². The second kappa shape index (κ2) is 3.91. The van der Waals surface area contributed by atoms with Crippen LogP contribution in [-0.4, -0.2) is 0 Å². The molecule has 0 saturated heterocycles. The second-order valence-corrected chi connectivity index (χ2v) is 3.62. The van der Waals surface area contributed by atoms with Crippen LogP contribution < -0.4 is 0 Å².